The van der Waals surface area contributed by atoms with Crippen molar-refractivity contribution in [3.05, 3.63) is 166 Å². The zero-order chi connectivity index (χ0) is 42.1. The first-order chi connectivity index (χ1) is 28.3. The number of halogens is 4. The second-order valence-electron chi connectivity index (χ2n) is 14.0. The summed E-state index contributed by atoms with van der Waals surface area (Å²) in [6, 6.07) is 35.9. The molecule has 0 saturated heterocycles. The Hall–Kier alpha value is -6.02. The Balaban J connectivity index is 0.000000137. The minimum absolute atomic E-state index is 0.0565. The number of amides is 3. The predicted octanol–water partition coefficient (Wildman–Crippen LogP) is 8.62. The number of carbonyl (C=O) groups excluding carboxylic acids is 3. The molecule has 9 rings (SSSR count). The van der Waals surface area contributed by atoms with Crippen LogP contribution in [0.3, 0.4) is 0 Å². The van der Waals surface area contributed by atoms with Crippen LogP contribution in [0.4, 0.5) is 30.2 Å². The van der Waals surface area contributed by atoms with Gasteiger partial charge < -0.3 is 25.6 Å². The summed E-state index contributed by atoms with van der Waals surface area (Å²) in [6.07, 6.45) is 3.99. The maximum atomic E-state index is 13.3. The number of aryl methyl sites for hydroxylation is 3. The van der Waals surface area contributed by atoms with Crippen molar-refractivity contribution in [2.45, 2.75) is 38.5 Å². The summed E-state index contributed by atoms with van der Waals surface area (Å²) in [4.78, 5) is 35.6. The molecule has 6 aromatic rings. The Kier molecular flexibility index (Phi) is 14.2. The molecule has 0 atom stereocenters. The van der Waals surface area contributed by atoms with Crippen LogP contribution in [-0.2, 0) is 33.6 Å². The van der Waals surface area contributed by atoms with Gasteiger partial charge in [-0.05, 0) is 143 Å². The number of fused-ring (bicyclic) bond motifs is 3. The molecular weight excluding hydrogens is 822 g/mol. The van der Waals surface area contributed by atoms with Gasteiger partial charge in [0.25, 0.3) is 0 Å². The standard InChI is InChI=1S/C16H14FNO.C15H12FNO.C9H8BrNO.C6H6BFO2/c1-18-15-7-5-12(9-13(15)6-8-16(18)19)11-3-2-4-14(17)10-11;16-13-3-1-2-10(9-13)11-4-6-14-12(8-11)5-7-15(18)17-14;10-7-2-3-8-6(5-7)1-4-9(12)11-8;8-6-3-1-2-5(4-6)7(9)10/h2-5,7,9-10H,6,8H2,1H3;1-4,6,8-9H,5,7H2,(H,17,18);2-3,5H,1,4H2,(H,11,12);1-4,9-10H. The van der Waals surface area contributed by atoms with Gasteiger partial charge in [-0.2, -0.15) is 0 Å². The van der Waals surface area contributed by atoms with Gasteiger partial charge in [0.2, 0.25) is 17.7 Å². The lowest BCUT2D eigenvalue weighted by molar-refractivity contribution is -0.119. The van der Waals surface area contributed by atoms with E-state index in [2.05, 4.69) is 32.6 Å². The summed E-state index contributed by atoms with van der Waals surface area (Å²) < 4.78 is 39.8. The van der Waals surface area contributed by atoms with Gasteiger partial charge in [-0.25, -0.2) is 13.2 Å². The van der Waals surface area contributed by atoms with Crippen LogP contribution in [0.5, 0.6) is 0 Å². The molecular formula is C46H40BBrF3N3O5. The lowest BCUT2D eigenvalue weighted by Crippen LogP contribution is -2.30. The number of rotatable bonds is 3. The molecule has 4 N–H and O–H groups in total. The molecule has 59 heavy (non-hydrogen) atoms. The molecule has 0 bridgehead atoms. The number of anilines is 3. The smallest absolute Gasteiger partial charge is 0.423 e. The van der Waals surface area contributed by atoms with Gasteiger partial charge in [-0.1, -0.05) is 64.5 Å². The molecule has 3 aliphatic heterocycles. The Labute approximate surface area is 349 Å². The Morgan fingerprint density at radius 2 is 1.02 bits per heavy atom. The molecule has 0 spiro atoms. The predicted molar refractivity (Wildman–Crippen MR) is 230 cm³/mol. The van der Waals surface area contributed by atoms with Crippen molar-refractivity contribution in [3.8, 4) is 22.3 Å². The third-order valence-electron chi connectivity index (χ3n) is 9.85. The number of nitrogens with one attached hydrogen (secondary N) is 2. The second kappa shape index (κ2) is 19.6. The van der Waals surface area contributed by atoms with Crippen LogP contribution >= 0.6 is 15.9 Å². The van der Waals surface area contributed by atoms with Crippen LogP contribution in [0, 0.1) is 17.5 Å². The summed E-state index contributed by atoms with van der Waals surface area (Å²) >= 11 is 3.39. The fraction of sp³-hybridized carbons (Fsp3) is 0.152. The van der Waals surface area contributed by atoms with Gasteiger partial charge in [-0.15, -0.1) is 0 Å². The summed E-state index contributed by atoms with van der Waals surface area (Å²) in [5.41, 5.74) is 10.1. The molecule has 3 heterocycles. The highest BCUT2D eigenvalue weighted by Crippen LogP contribution is 2.32. The molecule has 0 aliphatic carbocycles. The van der Waals surface area contributed by atoms with E-state index < -0.39 is 12.9 Å². The maximum absolute atomic E-state index is 13.3. The molecule has 3 amide bonds. The van der Waals surface area contributed by atoms with E-state index in [1.807, 2.05) is 60.7 Å². The SMILES string of the molecule is CN1C(=O)CCc2cc(-c3cccc(F)c3)ccc21.O=C1CCc2cc(-c3cccc(F)c3)ccc2N1.O=C1CCc2cc(Br)ccc2N1.OB(O)c1cccc(F)c1. The Morgan fingerprint density at radius 3 is 1.56 bits per heavy atom. The molecule has 0 aromatic heterocycles. The van der Waals surface area contributed by atoms with Crippen molar-refractivity contribution in [1.29, 1.82) is 0 Å². The van der Waals surface area contributed by atoms with E-state index in [4.69, 9.17) is 10.0 Å². The van der Waals surface area contributed by atoms with Crippen molar-refractivity contribution < 1.29 is 37.6 Å². The Bertz CT molecular complexity index is 2500. The summed E-state index contributed by atoms with van der Waals surface area (Å²) in [5, 5.41) is 22.7. The first-order valence-corrected chi connectivity index (χ1v) is 19.7. The minimum atomic E-state index is -1.59. The van der Waals surface area contributed by atoms with Gasteiger partial charge in [-0.3, -0.25) is 14.4 Å². The third kappa shape index (κ3) is 11.6. The topological polar surface area (TPSA) is 119 Å². The maximum Gasteiger partial charge on any atom is 0.488 e. The van der Waals surface area contributed by atoms with Gasteiger partial charge in [0.05, 0.1) is 0 Å². The van der Waals surface area contributed by atoms with E-state index in [1.54, 1.807) is 24.1 Å². The van der Waals surface area contributed by atoms with Crippen LogP contribution in [-0.4, -0.2) is 41.9 Å². The van der Waals surface area contributed by atoms with Crippen molar-refractivity contribution in [2.75, 3.05) is 22.6 Å². The van der Waals surface area contributed by atoms with Gasteiger partial charge >= 0.3 is 7.12 Å². The van der Waals surface area contributed by atoms with E-state index in [-0.39, 0.29) is 34.8 Å². The number of benzene rings is 6. The van der Waals surface area contributed by atoms with Crippen molar-refractivity contribution in [1.82, 2.24) is 0 Å². The van der Waals surface area contributed by atoms with E-state index >= 15 is 0 Å². The normalized spacial score (nSPS) is 13.6. The number of nitrogens with zero attached hydrogens (tertiary/aromatic N) is 1. The van der Waals surface area contributed by atoms with Gasteiger partial charge in [0.1, 0.15) is 17.5 Å². The third-order valence-corrected chi connectivity index (χ3v) is 10.3. The van der Waals surface area contributed by atoms with Crippen molar-refractivity contribution in [2.24, 2.45) is 0 Å². The summed E-state index contributed by atoms with van der Waals surface area (Å²) in [7, 11) is 0.207. The fourth-order valence-corrected chi connectivity index (χ4v) is 7.16. The second-order valence-corrected chi connectivity index (χ2v) is 14.9. The van der Waals surface area contributed by atoms with Crippen LogP contribution in [0.25, 0.3) is 22.3 Å². The lowest BCUT2D eigenvalue weighted by atomic mass is 9.80. The summed E-state index contributed by atoms with van der Waals surface area (Å²) in [6.45, 7) is 0. The van der Waals surface area contributed by atoms with Crippen LogP contribution in [0.2, 0.25) is 0 Å². The molecule has 0 unspecified atom stereocenters. The lowest BCUT2D eigenvalue weighted by Gasteiger charge is -2.26. The first kappa shape index (κ1) is 42.6. The van der Waals surface area contributed by atoms with E-state index in [0.29, 0.717) is 19.3 Å². The van der Waals surface area contributed by atoms with Crippen molar-refractivity contribution >= 4 is 63.3 Å². The highest BCUT2D eigenvalue weighted by atomic mass is 79.9. The molecule has 0 fully saturated rings. The molecule has 0 saturated carbocycles. The molecule has 13 heteroatoms. The highest BCUT2D eigenvalue weighted by Gasteiger charge is 2.21. The quantitative estimate of drug-likeness (QED) is 0.133. The van der Waals surface area contributed by atoms with Crippen LogP contribution in [0.15, 0.2) is 132 Å². The van der Waals surface area contributed by atoms with E-state index in [0.717, 1.165) is 80.2 Å². The molecule has 300 valence electrons. The molecule has 3 aliphatic rings. The largest absolute Gasteiger partial charge is 0.488 e. The highest BCUT2D eigenvalue weighted by molar-refractivity contribution is 9.10. The number of hydrogen-bond donors (Lipinski definition) is 4. The Morgan fingerprint density at radius 1 is 0.542 bits per heavy atom. The zero-order valence-electron chi connectivity index (χ0n) is 32.0. The number of hydrogen-bond acceptors (Lipinski definition) is 5. The van der Waals surface area contributed by atoms with Crippen LogP contribution in [0.1, 0.15) is 36.0 Å². The van der Waals surface area contributed by atoms with E-state index in [1.165, 1.54) is 48.0 Å². The average Bonchev–Trinajstić information content (AvgIpc) is 3.23. The zero-order valence-corrected chi connectivity index (χ0v) is 33.6. The molecule has 6 aromatic carbocycles. The van der Waals surface area contributed by atoms with Crippen LogP contribution < -0.4 is 21.0 Å². The first-order valence-electron chi connectivity index (χ1n) is 18.9. The fourth-order valence-electron chi connectivity index (χ4n) is 6.75. The van der Waals surface area contributed by atoms with Gasteiger partial charge in [0, 0.05) is 47.8 Å². The molecule has 0 radical (unpaired) electrons. The van der Waals surface area contributed by atoms with Crippen molar-refractivity contribution in [3.63, 3.8) is 0 Å². The number of carbonyl (C=O) groups is 3. The summed E-state index contributed by atoms with van der Waals surface area (Å²) in [5.74, 6) is -0.622. The minimum Gasteiger partial charge on any atom is -0.423 e. The molecule has 8 nitrogen and oxygen atoms in total. The van der Waals surface area contributed by atoms with E-state index in [9.17, 15) is 27.6 Å². The van der Waals surface area contributed by atoms with Gasteiger partial charge in [0.15, 0.2) is 0 Å². The average molecular weight is 863 g/mol. The monoisotopic (exact) mass is 861 g/mol.